The van der Waals surface area contributed by atoms with Crippen LogP contribution in [0, 0.1) is 10.1 Å². The highest BCUT2D eigenvalue weighted by Gasteiger charge is 2.12. The summed E-state index contributed by atoms with van der Waals surface area (Å²) in [5, 5.41) is 15.2. The van der Waals surface area contributed by atoms with Crippen LogP contribution in [0.1, 0.15) is 5.76 Å². The van der Waals surface area contributed by atoms with Crippen LogP contribution in [0.25, 0.3) is 10.9 Å². The zero-order valence-corrected chi connectivity index (χ0v) is 11.5. The van der Waals surface area contributed by atoms with Crippen LogP contribution >= 0.6 is 11.6 Å². The molecular weight excluding hydrogens is 294 g/mol. The molecule has 7 heteroatoms. The first-order valence-electron chi connectivity index (χ1n) is 6.15. The number of hydrogen-bond donors (Lipinski definition) is 1. The van der Waals surface area contributed by atoms with E-state index in [-0.39, 0.29) is 5.88 Å². The smallest absolute Gasteiger partial charge is 0.404 e. The van der Waals surface area contributed by atoms with Crippen molar-refractivity contribution in [2.75, 3.05) is 5.32 Å². The lowest BCUT2D eigenvalue weighted by molar-refractivity contribution is -0.402. The van der Waals surface area contributed by atoms with E-state index in [0.29, 0.717) is 17.3 Å². The minimum atomic E-state index is -0.570. The molecule has 0 aliphatic carbocycles. The summed E-state index contributed by atoms with van der Waals surface area (Å²) in [5.74, 6) is 0.187. The molecule has 106 valence electrons. The van der Waals surface area contributed by atoms with Gasteiger partial charge in [0.2, 0.25) is 0 Å². The molecule has 3 rings (SSSR count). The van der Waals surface area contributed by atoms with E-state index in [1.54, 1.807) is 18.3 Å². The second-order valence-electron chi connectivity index (χ2n) is 4.38. The Kier molecular flexibility index (Phi) is 3.45. The zero-order chi connectivity index (χ0) is 14.8. The number of halogens is 1. The number of fused-ring (bicyclic) bond motifs is 1. The first-order valence-corrected chi connectivity index (χ1v) is 6.52. The molecule has 2 heterocycles. The minimum Gasteiger partial charge on any atom is -0.404 e. The van der Waals surface area contributed by atoms with Crippen molar-refractivity contribution >= 4 is 34.1 Å². The third-order valence-corrected chi connectivity index (χ3v) is 3.17. The first kappa shape index (κ1) is 13.4. The third kappa shape index (κ3) is 2.80. The van der Waals surface area contributed by atoms with E-state index < -0.39 is 4.92 Å². The van der Waals surface area contributed by atoms with Crippen molar-refractivity contribution in [1.29, 1.82) is 0 Å². The maximum absolute atomic E-state index is 10.6. The van der Waals surface area contributed by atoms with E-state index in [2.05, 4.69) is 10.3 Å². The summed E-state index contributed by atoms with van der Waals surface area (Å²) in [5.41, 5.74) is 1.53. The Morgan fingerprint density at radius 2 is 2.19 bits per heavy atom. The molecule has 0 unspecified atom stereocenters. The summed E-state index contributed by atoms with van der Waals surface area (Å²) in [6.45, 7) is 0.305. The Bertz CT molecular complexity index is 816. The molecule has 21 heavy (non-hydrogen) atoms. The van der Waals surface area contributed by atoms with Gasteiger partial charge in [-0.3, -0.25) is 15.1 Å². The lowest BCUT2D eigenvalue weighted by Gasteiger charge is -2.08. The Morgan fingerprint density at radius 1 is 1.33 bits per heavy atom. The van der Waals surface area contributed by atoms with E-state index in [1.807, 2.05) is 18.2 Å². The van der Waals surface area contributed by atoms with Crippen molar-refractivity contribution in [2.24, 2.45) is 0 Å². The molecule has 1 N–H and O–H groups in total. The largest absolute Gasteiger partial charge is 0.433 e. The third-order valence-electron chi connectivity index (χ3n) is 2.95. The van der Waals surface area contributed by atoms with Crippen LogP contribution < -0.4 is 5.32 Å². The van der Waals surface area contributed by atoms with Crippen LogP contribution in [0.4, 0.5) is 11.6 Å². The summed E-state index contributed by atoms with van der Waals surface area (Å²) >= 11 is 6.07. The summed E-state index contributed by atoms with van der Waals surface area (Å²) < 4.78 is 5.09. The average molecular weight is 304 g/mol. The second-order valence-corrected chi connectivity index (χ2v) is 4.82. The maximum atomic E-state index is 10.6. The van der Waals surface area contributed by atoms with Crippen LogP contribution in [0.3, 0.4) is 0 Å². The summed E-state index contributed by atoms with van der Waals surface area (Å²) in [6.07, 6.45) is 1.69. The van der Waals surface area contributed by atoms with Gasteiger partial charge in [0.05, 0.1) is 23.8 Å². The fraction of sp³-hybridized carbons (Fsp3) is 0.0714. The van der Waals surface area contributed by atoms with Crippen molar-refractivity contribution in [3.8, 4) is 0 Å². The van der Waals surface area contributed by atoms with Crippen LogP contribution in [0.15, 0.2) is 47.0 Å². The van der Waals surface area contributed by atoms with E-state index in [9.17, 15) is 10.1 Å². The van der Waals surface area contributed by atoms with Crippen LogP contribution in [0.5, 0.6) is 0 Å². The van der Waals surface area contributed by atoms with Crippen molar-refractivity contribution in [2.45, 2.75) is 6.54 Å². The average Bonchev–Trinajstić information content (AvgIpc) is 2.93. The number of aromatic nitrogens is 1. The number of nitro groups is 1. The Balaban J connectivity index is 1.86. The van der Waals surface area contributed by atoms with Crippen molar-refractivity contribution in [1.82, 2.24) is 4.98 Å². The number of nitrogens with zero attached hydrogens (tertiary/aromatic N) is 2. The quantitative estimate of drug-likeness (QED) is 0.582. The lowest BCUT2D eigenvalue weighted by Crippen LogP contribution is -1.99. The molecule has 0 spiro atoms. The summed E-state index contributed by atoms with van der Waals surface area (Å²) in [7, 11) is 0. The fourth-order valence-corrected chi connectivity index (χ4v) is 2.26. The van der Waals surface area contributed by atoms with E-state index >= 15 is 0 Å². The monoisotopic (exact) mass is 303 g/mol. The molecule has 1 aromatic carbocycles. The van der Waals surface area contributed by atoms with Gasteiger partial charge in [-0.25, -0.2) is 0 Å². The van der Waals surface area contributed by atoms with Crippen LogP contribution in [-0.4, -0.2) is 9.91 Å². The topological polar surface area (TPSA) is 81.2 Å². The number of hydrogen-bond acceptors (Lipinski definition) is 5. The molecule has 0 saturated heterocycles. The minimum absolute atomic E-state index is 0.277. The lowest BCUT2D eigenvalue weighted by atomic mass is 10.2. The number of pyridine rings is 1. The van der Waals surface area contributed by atoms with Gasteiger partial charge in [0.1, 0.15) is 10.7 Å². The highest BCUT2D eigenvalue weighted by Crippen LogP contribution is 2.27. The van der Waals surface area contributed by atoms with Gasteiger partial charge in [0.25, 0.3) is 0 Å². The molecule has 0 atom stereocenters. The standard InChI is InChI=1S/C14H10ClN3O3/c15-10-6-9-2-1-5-16-14(9)12(7-10)17-8-11-3-4-13(21-11)18(19)20/h1-7,17H,8H2. The number of rotatable bonds is 4. The van der Waals surface area contributed by atoms with Gasteiger partial charge in [0.15, 0.2) is 0 Å². The van der Waals surface area contributed by atoms with Gasteiger partial charge in [-0.15, -0.1) is 0 Å². The normalized spacial score (nSPS) is 10.7. The SMILES string of the molecule is O=[N+]([O-])c1ccc(CNc2cc(Cl)cc3cccnc23)o1. The van der Waals surface area contributed by atoms with Gasteiger partial charge in [0, 0.05) is 16.6 Å². The fourth-order valence-electron chi connectivity index (χ4n) is 2.03. The summed E-state index contributed by atoms with van der Waals surface area (Å²) in [4.78, 5) is 14.3. The van der Waals surface area contributed by atoms with Gasteiger partial charge < -0.3 is 9.73 Å². The predicted octanol–water partition coefficient (Wildman–Crippen LogP) is 4.00. The van der Waals surface area contributed by atoms with Crippen molar-refractivity contribution in [3.05, 3.63) is 63.5 Å². The Morgan fingerprint density at radius 3 is 2.95 bits per heavy atom. The molecule has 0 aliphatic rings. The molecule has 3 aromatic rings. The van der Waals surface area contributed by atoms with Gasteiger partial charge in [-0.05, 0) is 24.3 Å². The van der Waals surface area contributed by atoms with E-state index in [4.69, 9.17) is 16.0 Å². The highest BCUT2D eigenvalue weighted by atomic mass is 35.5. The van der Waals surface area contributed by atoms with E-state index in [1.165, 1.54) is 6.07 Å². The molecular formula is C14H10ClN3O3. The number of nitrogens with one attached hydrogen (secondary N) is 1. The Hall–Kier alpha value is -2.60. The van der Waals surface area contributed by atoms with Crippen LogP contribution in [-0.2, 0) is 6.54 Å². The maximum Gasteiger partial charge on any atom is 0.433 e. The molecule has 0 saturated carbocycles. The molecule has 0 amide bonds. The number of benzene rings is 1. The molecule has 6 nitrogen and oxygen atoms in total. The second kappa shape index (κ2) is 5.41. The van der Waals surface area contributed by atoms with E-state index in [0.717, 1.165) is 16.6 Å². The number of furan rings is 1. The molecule has 0 fully saturated rings. The molecule has 0 bridgehead atoms. The Labute approximate surface area is 124 Å². The zero-order valence-electron chi connectivity index (χ0n) is 10.7. The molecule has 0 radical (unpaired) electrons. The van der Waals surface area contributed by atoms with Crippen LogP contribution in [0.2, 0.25) is 5.02 Å². The molecule has 2 aromatic heterocycles. The van der Waals surface area contributed by atoms with Crippen molar-refractivity contribution < 1.29 is 9.34 Å². The van der Waals surface area contributed by atoms with Crippen molar-refractivity contribution in [3.63, 3.8) is 0 Å². The van der Waals surface area contributed by atoms with Gasteiger partial charge >= 0.3 is 5.88 Å². The van der Waals surface area contributed by atoms with Gasteiger partial charge in [-0.2, -0.15) is 0 Å². The predicted molar refractivity (Wildman–Crippen MR) is 79.4 cm³/mol. The summed E-state index contributed by atoms with van der Waals surface area (Å²) in [6, 6.07) is 10.2. The van der Waals surface area contributed by atoms with Gasteiger partial charge in [-0.1, -0.05) is 17.7 Å². The molecule has 0 aliphatic heterocycles. The number of anilines is 1. The first-order chi connectivity index (χ1) is 10.1. The highest BCUT2D eigenvalue weighted by molar-refractivity contribution is 6.31.